The van der Waals surface area contributed by atoms with Crippen LogP contribution in [-0.2, 0) is 111 Å². The first-order valence-corrected chi connectivity index (χ1v) is 44.5. The lowest BCUT2D eigenvalue weighted by molar-refractivity contribution is -0.282. The van der Waals surface area contributed by atoms with Crippen molar-refractivity contribution in [1.29, 1.82) is 0 Å². The molecule has 0 aromatic rings. The number of aliphatic hydroxyl groups is 10. The summed E-state index contributed by atoms with van der Waals surface area (Å²) in [5.41, 5.74) is -1.55. The van der Waals surface area contributed by atoms with Gasteiger partial charge in [0.25, 0.3) is 31.3 Å². The molecule has 0 aromatic heterocycles. The summed E-state index contributed by atoms with van der Waals surface area (Å²) in [6, 6.07) is -0.888. The highest BCUT2D eigenvalue weighted by molar-refractivity contribution is 7.46. The van der Waals surface area contributed by atoms with Crippen LogP contribution >= 0.6 is 31.3 Å². The number of unbranched alkanes of at least 4 members (excludes halogenated alkanes) is 9. The summed E-state index contributed by atoms with van der Waals surface area (Å²) in [6.07, 6.45) is -4.81. The van der Waals surface area contributed by atoms with Gasteiger partial charge in [-0.2, -0.15) is 0 Å². The zero-order chi connectivity index (χ0) is 82.1. The van der Waals surface area contributed by atoms with Crippen LogP contribution < -0.4 is 24.9 Å². The Bertz CT molecular complexity index is 2480. The van der Waals surface area contributed by atoms with Gasteiger partial charge in [-0.25, -0.2) is 0 Å². The zero-order valence-electron chi connectivity index (χ0n) is 65.1. The van der Waals surface area contributed by atoms with E-state index in [9.17, 15) is 93.7 Å². The van der Waals surface area contributed by atoms with Crippen LogP contribution in [0.5, 0.6) is 0 Å². The van der Waals surface area contributed by atoms with Crippen molar-refractivity contribution in [2.24, 2.45) is 29.1 Å². The van der Waals surface area contributed by atoms with E-state index in [0.717, 1.165) is 0 Å². The normalized spacial score (nSPS) is 27.4. The van der Waals surface area contributed by atoms with E-state index in [4.69, 9.17) is 88.3 Å². The number of carbonyl (C=O) groups is 1. The first-order chi connectivity index (χ1) is 52.8. The number of ether oxygens (including phenoxy) is 11. The van der Waals surface area contributed by atoms with Gasteiger partial charge >= 0.3 is 0 Å². The number of aliphatic hydroxyl groups excluding tert-OH is 10. The fraction of sp³-hybridized carbons (Fsp3) is 0.986. The molecule has 20 atom stereocenters. The highest BCUT2D eigenvalue weighted by Crippen LogP contribution is 2.43. The Labute approximate surface area is 660 Å². The van der Waals surface area contributed by atoms with Crippen molar-refractivity contribution in [3.8, 4) is 0 Å². The molecule has 11 unspecified atom stereocenters. The number of hydrogen-bond acceptors (Lipinski definition) is 38. The van der Waals surface area contributed by atoms with E-state index in [1.165, 1.54) is 6.92 Å². The van der Waals surface area contributed by atoms with Gasteiger partial charge < -0.3 is 164 Å². The van der Waals surface area contributed by atoms with Crippen molar-refractivity contribution in [3.63, 3.8) is 0 Å². The summed E-state index contributed by atoms with van der Waals surface area (Å²) < 4.78 is 156. The smallest absolute Gasteiger partial charge is 0.267 e. The molecule has 3 rings (SSSR count). The summed E-state index contributed by atoms with van der Waals surface area (Å²) in [5.74, 6) is -2.55. The highest BCUT2D eigenvalue weighted by atomic mass is 31.2. The van der Waals surface area contributed by atoms with Crippen LogP contribution in [0.25, 0.3) is 0 Å². The fourth-order valence-electron chi connectivity index (χ4n) is 11.7. The van der Waals surface area contributed by atoms with Crippen molar-refractivity contribution in [2.45, 2.75) is 237 Å². The van der Waals surface area contributed by atoms with Crippen molar-refractivity contribution in [2.75, 3.05) is 172 Å². The SMILES string of the molecule is C.CC(=O)N[C@H]1C(O)[C@@H](O)C(CO)C[C@H]1OCCCCCCOP(=O)([O-])OCCCOCC(COCCCOP(=O)([O-])OCCCCCCO[C@@H]1OC(CO)[C@H](O)C(O)[C@@H]1C)(COCCCOP(=O)([O-])OCCCCCCO[C@@H]1OC(CO)[C@H](O)C(O)[C@@H]1C)COP(=O)([O-])OCCCOCC(CO)COCCCOC(C)C. The van der Waals surface area contributed by atoms with Gasteiger partial charge in [0.1, 0.15) is 30.5 Å². The van der Waals surface area contributed by atoms with Crippen molar-refractivity contribution < 1.29 is 182 Å². The Morgan fingerprint density at radius 3 is 1.12 bits per heavy atom. The second-order valence-corrected chi connectivity index (χ2v) is 34.0. The van der Waals surface area contributed by atoms with Gasteiger partial charge in [-0.15, -0.1) is 0 Å². The van der Waals surface area contributed by atoms with E-state index in [1.54, 1.807) is 13.8 Å². The standard InChI is InChI=1S/C68H135NO38P4.CH4/c1-50(2)94-31-18-23-89-44-54(40-70)45-90-24-19-35-104-111(87,88)105-49-68(47-92-26-21-37-102-109(83,84)99-33-16-10-7-13-29-96-66-51(3)60(75)63(78)57(42-72)106-66,48-93-27-22-38-103-110(85,86)100-34-17-11-8-14-30-97-67-52(4)61(76)64(79)58(43-73)107-67)46-91-25-20-36-101-108(81,82)98-32-15-9-6-12-28-95-56-39-55(41-71)62(77)65(80)59(56)69-53(5)74;/h50-52,54-67,70-73,75-80H,6-49H2,1-5H3,(H,69,74)(H,81,82)(H,83,84)(H,85,86)(H,87,88);1H4/p-4/t51-,52-,54?,55?,56+,57?,58?,59+,60?,61?,62-,63-,64-,65?,66+,67+,68?;/m0./s1. The quantitative estimate of drug-likeness (QED) is 0.0301. The van der Waals surface area contributed by atoms with Gasteiger partial charge in [0.15, 0.2) is 12.6 Å². The van der Waals surface area contributed by atoms with Gasteiger partial charge in [-0.05, 0) is 90.9 Å². The van der Waals surface area contributed by atoms with Crippen LogP contribution in [-0.4, -0.2) is 308 Å². The Kier molecular flexibility index (Phi) is 57.9. The Morgan fingerprint density at radius 1 is 0.429 bits per heavy atom. The lowest BCUT2D eigenvalue weighted by Gasteiger charge is -2.42. The summed E-state index contributed by atoms with van der Waals surface area (Å²) in [4.78, 5) is 63.4. The van der Waals surface area contributed by atoms with Crippen LogP contribution in [0.2, 0.25) is 0 Å². The molecule has 11 N–H and O–H groups in total. The number of hydrogen-bond donors (Lipinski definition) is 11. The van der Waals surface area contributed by atoms with E-state index >= 15 is 0 Å². The predicted molar refractivity (Wildman–Crippen MR) is 392 cm³/mol. The first-order valence-electron chi connectivity index (χ1n) is 38.7. The predicted octanol–water partition coefficient (Wildman–Crippen LogP) is 1.17. The lowest BCUT2D eigenvalue weighted by Crippen LogP contribution is -2.61. The maximum atomic E-state index is 13.4. The molecule has 2 heterocycles. The minimum absolute atomic E-state index is 0. The van der Waals surface area contributed by atoms with E-state index in [-0.39, 0.29) is 151 Å². The van der Waals surface area contributed by atoms with E-state index in [0.29, 0.717) is 96.7 Å². The number of phosphoric ester groups is 4. The fourth-order valence-corrected chi connectivity index (χ4v) is 14.9. The number of phosphoric acid groups is 4. The molecule has 1 aliphatic carbocycles. The van der Waals surface area contributed by atoms with Crippen molar-refractivity contribution in [3.05, 3.63) is 0 Å². The molecule has 3 aliphatic rings. The van der Waals surface area contributed by atoms with Crippen LogP contribution in [0, 0.1) is 29.1 Å². The highest BCUT2D eigenvalue weighted by Gasteiger charge is 2.46. The van der Waals surface area contributed by atoms with Gasteiger partial charge in [0.05, 0.1) is 148 Å². The molecule has 112 heavy (non-hydrogen) atoms. The van der Waals surface area contributed by atoms with Gasteiger partial charge in [-0.3, -0.25) is 23.1 Å². The summed E-state index contributed by atoms with van der Waals surface area (Å²) >= 11 is 0. The second kappa shape index (κ2) is 60.5. The monoisotopic (exact) mass is 1710 g/mol. The molecule has 0 aromatic carbocycles. The maximum absolute atomic E-state index is 13.4. The average molecular weight is 1710 g/mol. The minimum Gasteiger partial charge on any atom is -0.756 e. The molecular formula is C69H135NO38P4-4. The number of amides is 1. The van der Waals surface area contributed by atoms with Crippen LogP contribution in [0.3, 0.4) is 0 Å². The molecular weight excluding hydrogens is 1570 g/mol. The van der Waals surface area contributed by atoms with E-state index in [1.807, 2.05) is 13.8 Å². The zero-order valence-corrected chi connectivity index (χ0v) is 68.7. The van der Waals surface area contributed by atoms with Crippen LogP contribution in [0.1, 0.15) is 158 Å². The van der Waals surface area contributed by atoms with Gasteiger partial charge in [0.2, 0.25) is 5.91 Å². The molecule has 2 aliphatic heterocycles. The van der Waals surface area contributed by atoms with Crippen LogP contribution in [0.4, 0.5) is 0 Å². The van der Waals surface area contributed by atoms with Crippen molar-refractivity contribution >= 4 is 37.2 Å². The average Bonchev–Trinajstić information content (AvgIpc) is 0.792. The molecule has 0 spiro atoms. The third-order valence-electron chi connectivity index (χ3n) is 18.2. The van der Waals surface area contributed by atoms with Gasteiger partial charge in [-0.1, -0.05) is 59.8 Å². The Balaban J connectivity index is 0.0000426. The molecule has 39 nitrogen and oxygen atoms in total. The topological polar surface area (TPSA) is 567 Å². The van der Waals surface area contributed by atoms with E-state index in [2.05, 4.69) is 5.32 Å². The molecule has 0 bridgehead atoms. The van der Waals surface area contributed by atoms with Crippen LogP contribution in [0.15, 0.2) is 0 Å². The number of rotatable bonds is 70. The molecule has 1 amide bonds. The lowest BCUT2D eigenvalue weighted by atomic mass is 9.79. The molecule has 2 saturated heterocycles. The third kappa shape index (κ3) is 46.2. The largest absolute Gasteiger partial charge is 0.756 e. The number of carbonyl (C=O) groups excluding carboxylic acids is 1. The molecule has 43 heteroatoms. The summed E-state index contributed by atoms with van der Waals surface area (Å²) in [5, 5.41) is 103. The second-order valence-electron chi connectivity index (χ2n) is 28.3. The molecule has 668 valence electrons. The molecule has 3 fully saturated rings. The van der Waals surface area contributed by atoms with E-state index < -0.39 is 193 Å². The summed E-state index contributed by atoms with van der Waals surface area (Å²) in [7, 11) is -19.6. The third-order valence-corrected chi connectivity index (χ3v) is 22.1. The van der Waals surface area contributed by atoms with Crippen molar-refractivity contribution in [1.82, 2.24) is 5.32 Å². The minimum atomic E-state index is -5.15. The molecule has 0 radical (unpaired) electrons. The van der Waals surface area contributed by atoms with Gasteiger partial charge in [0, 0.05) is 96.7 Å². The molecule has 1 saturated carbocycles. The Hall–Kier alpha value is -0.930. The maximum Gasteiger partial charge on any atom is 0.267 e. The Morgan fingerprint density at radius 2 is 0.768 bits per heavy atom. The number of nitrogens with one attached hydrogen (secondary N) is 1. The first kappa shape index (κ1) is 107. The summed E-state index contributed by atoms with van der Waals surface area (Å²) in [6.45, 7) is 4.11.